The van der Waals surface area contributed by atoms with Crippen molar-refractivity contribution in [3.05, 3.63) is 0 Å². The van der Waals surface area contributed by atoms with Crippen LogP contribution >= 0.6 is 0 Å². The fourth-order valence-corrected chi connectivity index (χ4v) is 1.35. The van der Waals surface area contributed by atoms with Crippen molar-refractivity contribution in [1.29, 1.82) is 0 Å². The van der Waals surface area contributed by atoms with Crippen LogP contribution in [0.1, 0.15) is 33.6 Å². The zero-order chi connectivity index (χ0) is 14.3. The predicted molar refractivity (Wildman–Crippen MR) is 58.8 cm³/mol. The van der Waals surface area contributed by atoms with Crippen LogP contribution in [0.25, 0.3) is 0 Å². The molecule has 0 aromatic carbocycles. The van der Waals surface area contributed by atoms with Crippen molar-refractivity contribution in [2.24, 2.45) is 0 Å². The van der Waals surface area contributed by atoms with Gasteiger partial charge in [-0.3, -0.25) is 9.59 Å². The third kappa shape index (κ3) is 5.37. The molecular formula is C11H18F3NO3. The van der Waals surface area contributed by atoms with E-state index in [4.69, 9.17) is 0 Å². The second-order valence-electron chi connectivity index (χ2n) is 3.81. The number of hydrogen-bond donors (Lipinski definition) is 0. The largest absolute Gasteiger partial charge is 0.471 e. The Morgan fingerprint density at radius 1 is 1.28 bits per heavy atom. The summed E-state index contributed by atoms with van der Waals surface area (Å²) in [6, 6.07) is -0.575. The number of nitrogens with zero attached hydrogens (tertiary/aromatic N) is 1. The monoisotopic (exact) mass is 269 g/mol. The highest BCUT2D eigenvalue weighted by atomic mass is 19.4. The van der Waals surface area contributed by atoms with Crippen LogP contribution in [-0.4, -0.2) is 42.1 Å². The van der Waals surface area contributed by atoms with Crippen molar-refractivity contribution in [3.63, 3.8) is 0 Å². The maximum absolute atomic E-state index is 12.4. The SMILES string of the molecule is CCOC(=O)CCN(C(=O)C(F)(F)F)C(C)CC. The summed E-state index contributed by atoms with van der Waals surface area (Å²) in [5.74, 6) is -2.53. The van der Waals surface area contributed by atoms with Crippen LogP contribution in [0.15, 0.2) is 0 Å². The number of esters is 1. The molecule has 1 amide bonds. The van der Waals surface area contributed by atoms with Gasteiger partial charge in [-0.2, -0.15) is 13.2 Å². The first-order chi connectivity index (χ1) is 8.23. The van der Waals surface area contributed by atoms with Crippen LogP contribution in [-0.2, 0) is 14.3 Å². The number of amides is 1. The normalized spacial score (nSPS) is 13.0. The minimum absolute atomic E-state index is 0.162. The number of halogens is 3. The molecule has 0 aliphatic carbocycles. The highest BCUT2D eigenvalue weighted by Gasteiger charge is 2.43. The van der Waals surface area contributed by atoms with Gasteiger partial charge in [0.1, 0.15) is 0 Å². The fourth-order valence-electron chi connectivity index (χ4n) is 1.35. The fraction of sp³-hybridized carbons (Fsp3) is 0.818. The molecule has 0 radical (unpaired) electrons. The van der Waals surface area contributed by atoms with Crippen molar-refractivity contribution in [2.75, 3.05) is 13.2 Å². The third-order valence-electron chi connectivity index (χ3n) is 2.49. The lowest BCUT2D eigenvalue weighted by Crippen LogP contribution is -2.46. The highest BCUT2D eigenvalue weighted by molar-refractivity contribution is 5.82. The summed E-state index contributed by atoms with van der Waals surface area (Å²) in [6.07, 6.45) is -4.78. The van der Waals surface area contributed by atoms with E-state index in [-0.39, 0.29) is 19.6 Å². The summed E-state index contributed by atoms with van der Waals surface area (Å²) in [6.45, 7) is 4.66. The van der Waals surface area contributed by atoms with Gasteiger partial charge in [0.2, 0.25) is 0 Å². The molecule has 0 saturated carbocycles. The quantitative estimate of drug-likeness (QED) is 0.694. The number of alkyl halides is 3. The summed E-state index contributed by atoms with van der Waals surface area (Å²) in [5, 5.41) is 0. The van der Waals surface area contributed by atoms with E-state index in [9.17, 15) is 22.8 Å². The van der Waals surface area contributed by atoms with Gasteiger partial charge in [0, 0.05) is 12.6 Å². The number of ether oxygens (including phenoxy) is 1. The molecule has 0 aromatic rings. The van der Waals surface area contributed by atoms with Gasteiger partial charge in [0.25, 0.3) is 0 Å². The lowest BCUT2D eigenvalue weighted by atomic mass is 10.2. The number of rotatable bonds is 6. The maximum atomic E-state index is 12.4. The smallest absolute Gasteiger partial charge is 0.466 e. The van der Waals surface area contributed by atoms with Crippen molar-refractivity contribution in [2.45, 2.75) is 45.8 Å². The molecule has 0 aliphatic rings. The van der Waals surface area contributed by atoms with E-state index < -0.39 is 24.1 Å². The van der Waals surface area contributed by atoms with Gasteiger partial charge in [-0.05, 0) is 20.3 Å². The van der Waals surface area contributed by atoms with E-state index in [0.717, 1.165) is 0 Å². The lowest BCUT2D eigenvalue weighted by Gasteiger charge is -2.28. The van der Waals surface area contributed by atoms with E-state index >= 15 is 0 Å². The lowest BCUT2D eigenvalue weighted by molar-refractivity contribution is -0.188. The topological polar surface area (TPSA) is 46.6 Å². The standard InChI is InChI=1S/C11H18F3NO3/c1-4-8(3)15(10(17)11(12,13)14)7-6-9(16)18-5-2/h8H,4-7H2,1-3H3. The first-order valence-corrected chi connectivity index (χ1v) is 5.77. The first kappa shape index (κ1) is 16.7. The van der Waals surface area contributed by atoms with Gasteiger partial charge in [-0.1, -0.05) is 6.92 Å². The van der Waals surface area contributed by atoms with Gasteiger partial charge in [-0.25, -0.2) is 0 Å². The Labute approximate surface area is 104 Å². The molecule has 0 fully saturated rings. The van der Waals surface area contributed by atoms with E-state index in [1.807, 2.05) is 0 Å². The van der Waals surface area contributed by atoms with Gasteiger partial charge >= 0.3 is 18.1 Å². The van der Waals surface area contributed by atoms with E-state index in [0.29, 0.717) is 11.3 Å². The molecule has 0 aliphatic heterocycles. The molecule has 0 aromatic heterocycles. The zero-order valence-electron chi connectivity index (χ0n) is 10.7. The number of carbonyl (C=O) groups excluding carboxylic acids is 2. The maximum Gasteiger partial charge on any atom is 0.471 e. The molecular weight excluding hydrogens is 251 g/mol. The van der Waals surface area contributed by atoms with Crippen LogP contribution < -0.4 is 0 Å². The molecule has 0 saturated heterocycles. The van der Waals surface area contributed by atoms with Crippen molar-refractivity contribution in [1.82, 2.24) is 4.90 Å². The minimum Gasteiger partial charge on any atom is -0.466 e. The number of carbonyl (C=O) groups is 2. The Balaban J connectivity index is 4.61. The second-order valence-corrected chi connectivity index (χ2v) is 3.81. The Morgan fingerprint density at radius 2 is 1.83 bits per heavy atom. The van der Waals surface area contributed by atoms with Crippen LogP contribution in [0, 0.1) is 0 Å². The molecule has 106 valence electrons. The summed E-state index contributed by atoms with van der Waals surface area (Å²) in [5.41, 5.74) is 0. The molecule has 0 rings (SSSR count). The summed E-state index contributed by atoms with van der Waals surface area (Å²) in [4.78, 5) is 22.9. The Kier molecular flexibility index (Phi) is 6.72. The minimum atomic E-state index is -4.92. The van der Waals surface area contributed by atoms with Crippen molar-refractivity contribution < 1.29 is 27.5 Å². The Hall–Kier alpha value is -1.27. The average Bonchev–Trinajstić information content (AvgIpc) is 2.27. The first-order valence-electron chi connectivity index (χ1n) is 5.77. The molecule has 18 heavy (non-hydrogen) atoms. The molecule has 0 heterocycles. The molecule has 0 spiro atoms. The third-order valence-corrected chi connectivity index (χ3v) is 2.49. The van der Waals surface area contributed by atoms with Crippen LogP contribution in [0.4, 0.5) is 13.2 Å². The summed E-state index contributed by atoms with van der Waals surface area (Å²) in [7, 11) is 0. The Morgan fingerprint density at radius 3 is 2.22 bits per heavy atom. The van der Waals surface area contributed by atoms with E-state index in [1.165, 1.54) is 6.92 Å². The molecule has 0 N–H and O–H groups in total. The highest BCUT2D eigenvalue weighted by Crippen LogP contribution is 2.21. The number of hydrogen-bond acceptors (Lipinski definition) is 3. The van der Waals surface area contributed by atoms with Crippen LogP contribution in [0.3, 0.4) is 0 Å². The molecule has 7 heteroatoms. The van der Waals surface area contributed by atoms with Gasteiger partial charge in [-0.15, -0.1) is 0 Å². The van der Waals surface area contributed by atoms with Gasteiger partial charge < -0.3 is 9.64 Å². The molecule has 1 atom stereocenters. The second kappa shape index (κ2) is 7.23. The van der Waals surface area contributed by atoms with Crippen molar-refractivity contribution >= 4 is 11.9 Å². The van der Waals surface area contributed by atoms with Crippen LogP contribution in [0.2, 0.25) is 0 Å². The van der Waals surface area contributed by atoms with E-state index in [2.05, 4.69) is 4.74 Å². The zero-order valence-corrected chi connectivity index (χ0v) is 10.7. The summed E-state index contributed by atoms with van der Waals surface area (Å²) >= 11 is 0. The molecule has 4 nitrogen and oxygen atoms in total. The predicted octanol–water partition coefficient (Wildman–Crippen LogP) is 2.13. The van der Waals surface area contributed by atoms with E-state index in [1.54, 1.807) is 13.8 Å². The molecule has 1 unspecified atom stereocenters. The summed E-state index contributed by atoms with van der Waals surface area (Å²) < 4.78 is 41.7. The van der Waals surface area contributed by atoms with Crippen molar-refractivity contribution in [3.8, 4) is 0 Å². The van der Waals surface area contributed by atoms with Gasteiger partial charge in [0.05, 0.1) is 13.0 Å². The van der Waals surface area contributed by atoms with Crippen LogP contribution in [0.5, 0.6) is 0 Å². The average molecular weight is 269 g/mol. The Bertz CT molecular complexity index is 292. The van der Waals surface area contributed by atoms with Gasteiger partial charge in [0.15, 0.2) is 0 Å². The molecule has 0 bridgehead atoms.